The summed E-state index contributed by atoms with van der Waals surface area (Å²) >= 11 is 0. The van der Waals surface area contributed by atoms with Gasteiger partial charge in [0.25, 0.3) is 12.0 Å². The summed E-state index contributed by atoms with van der Waals surface area (Å²) in [6, 6.07) is 5.02. The third kappa shape index (κ3) is 3.32. The molecule has 2 aliphatic carbocycles. The van der Waals surface area contributed by atoms with Gasteiger partial charge in [0.2, 0.25) is 0 Å². The molecular weight excluding hydrogens is 409 g/mol. The second-order valence-electron chi connectivity index (χ2n) is 8.44. The minimum absolute atomic E-state index is 0.115. The van der Waals surface area contributed by atoms with Crippen LogP contribution in [0.15, 0.2) is 35.3 Å². The van der Waals surface area contributed by atoms with E-state index in [1.807, 2.05) is 0 Å². The largest absolute Gasteiger partial charge is 0.378 e. The SMILES string of the molecule is Cc1nc(NOc2cccc(C(F)F)c2F)c2cn(C34CCC(CC3)C4)c(=O)cc2n1. The van der Waals surface area contributed by atoms with Crippen LogP contribution in [0.5, 0.6) is 5.75 Å². The lowest BCUT2D eigenvalue weighted by atomic mass is 9.93. The van der Waals surface area contributed by atoms with Gasteiger partial charge in [-0.15, -0.1) is 0 Å². The summed E-state index contributed by atoms with van der Waals surface area (Å²) in [6.07, 6.45) is 3.91. The van der Waals surface area contributed by atoms with Gasteiger partial charge in [-0.25, -0.2) is 28.6 Å². The van der Waals surface area contributed by atoms with Crippen molar-refractivity contribution in [3.05, 3.63) is 58.0 Å². The first-order valence-corrected chi connectivity index (χ1v) is 10.3. The zero-order valence-corrected chi connectivity index (χ0v) is 16.9. The maximum atomic E-state index is 14.3. The van der Waals surface area contributed by atoms with Crippen molar-refractivity contribution in [3.63, 3.8) is 0 Å². The van der Waals surface area contributed by atoms with E-state index < -0.39 is 17.8 Å². The zero-order chi connectivity index (χ0) is 21.8. The first-order chi connectivity index (χ1) is 14.9. The van der Waals surface area contributed by atoms with Crippen LogP contribution in [-0.2, 0) is 5.54 Å². The Balaban J connectivity index is 1.54. The van der Waals surface area contributed by atoms with Gasteiger partial charge in [-0.1, -0.05) is 12.1 Å². The Morgan fingerprint density at radius 1 is 1.26 bits per heavy atom. The molecule has 9 heteroatoms. The lowest BCUT2D eigenvalue weighted by Gasteiger charge is -2.29. The molecule has 162 valence electrons. The molecule has 0 spiro atoms. The fourth-order valence-electron chi connectivity index (χ4n) is 5.05. The molecule has 0 unspecified atom stereocenters. The van der Waals surface area contributed by atoms with Gasteiger partial charge in [0.05, 0.1) is 16.5 Å². The van der Waals surface area contributed by atoms with Crippen molar-refractivity contribution in [1.82, 2.24) is 14.5 Å². The van der Waals surface area contributed by atoms with E-state index in [-0.39, 0.29) is 22.7 Å². The molecule has 2 fully saturated rings. The summed E-state index contributed by atoms with van der Waals surface area (Å²) in [4.78, 5) is 26.8. The predicted molar refractivity (Wildman–Crippen MR) is 109 cm³/mol. The van der Waals surface area contributed by atoms with Gasteiger partial charge in [-0.2, -0.15) is 0 Å². The Morgan fingerprint density at radius 2 is 2.03 bits per heavy atom. The lowest BCUT2D eigenvalue weighted by molar-refractivity contribution is 0.145. The van der Waals surface area contributed by atoms with E-state index in [0.717, 1.165) is 38.2 Å². The molecule has 2 bridgehead atoms. The highest BCUT2D eigenvalue weighted by molar-refractivity contribution is 5.88. The fourth-order valence-corrected chi connectivity index (χ4v) is 5.05. The Bertz CT molecular complexity index is 1220. The number of anilines is 1. The number of benzene rings is 1. The zero-order valence-electron chi connectivity index (χ0n) is 16.9. The topological polar surface area (TPSA) is 69.0 Å². The van der Waals surface area contributed by atoms with E-state index >= 15 is 0 Å². The van der Waals surface area contributed by atoms with Crippen molar-refractivity contribution in [1.29, 1.82) is 0 Å². The Labute approximate surface area is 176 Å². The monoisotopic (exact) mass is 430 g/mol. The molecule has 3 aromatic rings. The number of aromatic nitrogens is 3. The van der Waals surface area contributed by atoms with Crippen LogP contribution in [0.1, 0.15) is 49.9 Å². The molecule has 2 aromatic heterocycles. The van der Waals surface area contributed by atoms with Gasteiger partial charge in [-0.3, -0.25) is 4.79 Å². The van der Waals surface area contributed by atoms with Crippen molar-refractivity contribution in [2.75, 3.05) is 5.48 Å². The average Bonchev–Trinajstić information content (AvgIpc) is 3.34. The molecule has 31 heavy (non-hydrogen) atoms. The maximum absolute atomic E-state index is 14.3. The molecule has 0 amide bonds. The van der Waals surface area contributed by atoms with Gasteiger partial charge in [0, 0.05) is 17.8 Å². The number of rotatable bonds is 5. The quantitative estimate of drug-likeness (QED) is 0.585. The van der Waals surface area contributed by atoms with Crippen molar-refractivity contribution in [2.24, 2.45) is 5.92 Å². The number of fused-ring (bicyclic) bond motifs is 3. The van der Waals surface area contributed by atoms with Crippen LogP contribution in [0.2, 0.25) is 0 Å². The predicted octanol–water partition coefficient (Wildman–Crippen LogP) is 4.87. The van der Waals surface area contributed by atoms with Crippen molar-refractivity contribution >= 4 is 16.7 Å². The van der Waals surface area contributed by atoms with E-state index in [4.69, 9.17) is 4.84 Å². The number of pyridine rings is 1. The summed E-state index contributed by atoms with van der Waals surface area (Å²) in [5, 5.41) is 0.542. The molecule has 2 heterocycles. The second-order valence-corrected chi connectivity index (χ2v) is 8.44. The van der Waals surface area contributed by atoms with Crippen LogP contribution >= 0.6 is 0 Å². The Kier molecular flexibility index (Phi) is 4.64. The minimum Gasteiger partial charge on any atom is -0.378 e. The second kappa shape index (κ2) is 7.25. The van der Waals surface area contributed by atoms with Crippen molar-refractivity contribution < 1.29 is 18.0 Å². The lowest BCUT2D eigenvalue weighted by Crippen LogP contribution is -2.37. The normalized spacial score (nSPS) is 22.4. The minimum atomic E-state index is -2.96. The third-order valence-corrected chi connectivity index (χ3v) is 6.54. The van der Waals surface area contributed by atoms with Crippen LogP contribution in [0, 0.1) is 18.7 Å². The van der Waals surface area contributed by atoms with Gasteiger partial charge in [0.1, 0.15) is 5.82 Å². The molecule has 6 nitrogen and oxygen atoms in total. The highest BCUT2D eigenvalue weighted by atomic mass is 19.3. The molecule has 2 aliphatic rings. The summed E-state index contributed by atoms with van der Waals surface area (Å²) in [5.74, 6) is -0.232. The summed E-state index contributed by atoms with van der Waals surface area (Å²) < 4.78 is 42.0. The average molecular weight is 430 g/mol. The molecular formula is C22H21F3N4O2. The van der Waals surface area contributed by atoms with E-state index in [2.05, 4.69) is 15.4 Å². The van der Waals surface area contributed by atoms with Crippen LogP contribution < -0.4 is 15.9 Å². The number of alkyl halides is 2. The van der Waals surface area contributed by atoms with Gasteiger partial charge in [0.15, 0.2) is 17.4 Å². The summed E-state index contributed by atoms with van der Waals surface area (Å²) in [6.45, 7) is 1.66. The van der Waals surface area contributed by atoms with Gasteiger partial charge in [-0.05, 0) is 51.0 Å². The standard InChI is InChI=1S/C22H21F3N4O2/c1-12-26-16-9-18(30)29(22-7-5-13(10-22)6-8-22)11-15(16)21(27-12)28-31-17-4-2-3-14(19(17)23)20(24)25/h2-4,9,11,13,20H,5-8,10H2,1H3,(H,26,27,28). The van der Waals surface area contributed by atoms with Crippen LogP contribution in [0.25, 0.3) is 10.9 Å². The van der Waals surface area contributed by atoms with Crippen molar-refractivity contribution in [2.45, 2.75) is 51.0 Å². The molecule has 0 saturated heterocycles. The number of halogens is 3. The van der Waals surface area contributed by atoms with Gasteiger partial charge >= 0.3 is 0 Å². The highest BCUT2D eigenvalue weighted by Crippen LogP contribution is 2.52. The number of aryl methyl sites for hydroxylation is 1. The van der Waals surface area contributed by atoms with Crippen LogP contribution in [0.3, 0.4) is 0 Å². The first kappa shape index (κ1) is 19.8. The Morgan fingerprint density at radius 3 is 2.71 bits per heavy atom. The number of nitrogens with zero attached hydrogens (tertiary/aromatic N) is 3. The molecule has 1 N–H and O–H groups in total. The highest BCUT2D eigenvalue weighted by Gasteiger charge is 2.46. The van der Waals surface area contributed by atoms with Gasteiger partial charge < -0.3 is 9.40 Å². The number of nitrogens with one attached hydrogen (secondary N) is 1. The van der Waals surface area contributed by atoms with Crippen molar-refractivity contribution in [3.8, 4) is 5.75 Å². The molecule has 1 aromatic carbocycles. The smallest absolute Gasteiger partial charge is 0.266 e. The number of hydrogen-bond acceptors (Lipinski definition) is 5. The van der Waals surface area contributed by atoms with Crippen LogP contribution in [-0.4, -0.2) is 14.5 Å². The van der Waals surface area contributed by atoms with E-state index in [0.29, 0.717) is 22.6 Å². The molecule has 2 saturated carbocycles. The van der Waals surface area contributed by atoms with E-state index in [1.54, 1.807) is 17.7 Å². The van der Waals surface area contributed by atoms with Crippen LogP contribution in [0.4, 0.5) is 19.0 Å². The van der Waals surface area contributed by atoms with E-state index in [9.17, 15) is 18.0 Å². The Hall–Kier alpha value is -3.10. The summed E-state index contributed by atoms with van der Waals surface area (Å²) in [7, 11) is 0. The number of hydrogen-bond donors (Lipinski definition) is 1. The molecule has 0 aliphatic heterocycles. The molecule has 5 rings (SSSR count). The third-order valence-electron chi connectivity index (χ3n) is 6.54. The fraction of sp³-hybridized carbons (Fsp3) is 0.409. The molecule has 0 atom stereocenters. The summed E-state index contributed by atoms with van der Waals surface area (Å²) in [5.41, 5.74) is 1.97. The van der Waals surface area contributed by atoms with E-state index in [1.165, 1.54) is 18.2 Å². The maximum Gasteiger partial charge on any atom is 0.266 e. The molecule has 0 radical (unpaired) electrons. The first-order valence-electron chi connectivity index (χ1n) is 10.3.